The van der Waals surface area contributed by atoms with Crippen molar-refractivity contribution in [2.45, 2.75) is 18.9 Å². The second-order valence-corrected chi connectivity index (χ2v) is 7.76. The summed E-state index contributed by atoms with van der Waals surface area (Å²) in [5.74, 6) is -0.782. The average molecular weight is 426 g/mol. The lowest BCUT2D eigenvalue weighted by molar-refractivity contribution is -0.992. The number of H-pyrrole nitrogens is 1. The van der Waals surface area contributed by atoms with Gasteiger partial charge in [-0.15, -0.1) is 0 Å². The van der Waals surface area contributed by atoms with Crippen LogP contribution in [0, 0.1) is 11.0 Å². The number of carbonyl (C=O) groups excluding carboxylic acids is 2. The van der Waals surface area contributed by atoms with Gasteiger partial charge in [-0.25, -0.2) is 19.3 Å². The number of urea groups is 1. The molecule has 31 heavy (non-hydrogen) atoms. The van der Waals surface area contributed by atoms with Crippen LogP contribution < -0.4 is 14.9 Å². The fourth-order valence-corrected chi connectivity index (χ4v) is 4.59. The number of quaternary nitrogens is 1. The molecule has 2 atom stereocenters. The Hall–Kier alpha value is -3.47. The van der Waals surface area contributed by atoms with Gasteiger partial charge < -0.3 is 19.8 Å². The molecule has 2 aromatic carbocycles. The summed E-state index contributed by atoms with van der Waals surface area (Å²) in [6.07, 6.45) is 0.536. The first-order chi connectivity index (χ1) is 14.8. The number of fused-ring (bicyclic) bond motifs is 5. The van der Waals surface area contributed by atoms with Crippen molar-refractivity contribution in [2.75, 3.05) is 18.6 Å². The molecule has 2 unspecified atom stereocenters. The minimum absolute atomic E-state index is 0.0174. The van der Waals surface area contributed by atoms with E-state index >= 15 is 0 Å². The largest absolute Gasteiger partial charge is 0.595 e. The highest BCUT2D eigenvalue weighted by Crippen LogP contribution is 2.45. The molecule has 0 aliphatic carbocycles. The molecule has 2 aliphatic heterocycles. The highest BCUT2D eigenvalue weighted by atomic mass is 19.1. The van der Waals surface area contributed by atoms with Crippen LogP contribution in [0.2, 0.25) is 0 Å². The van der Waals surface area contributed by atoms with Crippen molar-refractivity contribution in [1.82, 2.24) is 9.88 Å². The van der Waals surface area contributed by atoms with Crippen molar-refractivity contribution in [3.63, 3.8) is 0 Å². The fourth-order valence-electron chi connectivity index (χ4n) is 4.59. The van der Waals surface area contributed by atoms with E-state index in [1.54, 1.807) is 14.0 Å². The zero-order chi connectivity index (χ0) is 22.1. The summed E-state index contributed by atoms with van der Waals surface area (Å²) in [4.78, 5) is 32.5. The number of hydrogen-bond donors (Lipinski definition) is 3. The maximum atomic E-state index is 13.9. The van der Waals surface area contributed by atoms with Crippen LogP contribution in [-0.4, -0.2) is 40.7 Å². The Kier molecular flexibility index (Phi) is 4.09. The second-order valence-electron chi connectivity index (χ2n) is 7.76. The van der Waals surface area contributed by atoms with E-state index in [0.717, 1.165) is 33.5 Å². The third kappa shape index (κ3) is 2.52. The van der Waals surface area contributed by atoms with E-state index in [9.17, 15) is 24.4 Å². The summed E-state index contributed by atoms with van der Waals surface area (Å²) in [6.45, 7) is 1.97. The minimum atomic E-state index is -1.48. The number of aromatic nitrogens is 1. The minimum Gasteiger partial charge on any atom is -0.595 e. The number of methoxy groups -OCH3 is 1. The molecule has 1 aromatic heterocycles. The predicted octanol–water partition coefficient (Wildman–Crippen LogP) is 1.96. The number of hydrogen-bond acceptors (Lipinski definition) is 5. The monoisotopic (exact) mass is 426 g/mol. The summed E-state index contributed by atoms with van der Waals surface area (Å²) in [5.41, 5.74) is 0.483. The molecule has 3 aromatic rings. The number of halogens is 1. The van der Waals surface area contributed by atoms with Gasteiger partial charge in [0.25, 0.3) is 5.91 Å². The van der Waals surface area contributed by atoms with Crippen LogP contribution in [0.25, 0.3) is 10.9 Å². The van der Waals surface area contributed by atoms with Crippen molar-refractivity contribution in [3.8, 4) is 5.75 Å². The van der Waals surface area contributed by atoms with E-state index in [1.165, 1.54) is 11.0 Å². The molecule has 3 N–H and O–H groups in total. The van der Waals surface area contributed by atoms with Crippen molar-refractivity contribution >= 4 is 34.2 Å². The van der Waals surface area contributed by atoms with Crippen LogP contribution in [0.15, 0.2) is 36.4 Å². The molecule has 9 nitrogen and oxygen atoms in total. The Balaban J connectivity index is 1.65. The SMILES string of the molecule is COc1ccc2[nH]c3c(c2c1)CCN1C(=O)N(c2ccc(F)c([NH+]([O-])O)c2)C(=O)C31C. The lowest BCUT2D eigenvalue weighted by Gasteiger charge is -2.35. The van der Waals surface area contributed by atoms with Gasteiger partial charge in [0.05, 0.1) is 18.5 Å². The number of aromatic amines is 1. The van der Waals surface area contributed by atoms with E-state index < -0.39 is 34.2 Å². The third-order valence-corrected chi connectivity index (χ3v) is 6.21. The zero-order valence-electron chi connectivity index (χ0n) is 16.7. The van der Waals surface area contributed by atoms with Crippen molar-refractivity contribution in [1.29, 1.82) is 0 Å². The normalized spacial score (nSPS) is 21.5. The van der Waals surface area contributed by atoms with Gasteiger partial charge in [0.15, 0.2) is 11.4 Å². The zero-order valence-corrected chi connectivity index (χ0v) is 16.7. The summed E-state index contributed by atoms with van der Waals surface area (Å²) < 4.78 is 19.2. The predicted molar refractivity (Wildman–Crippen MR) is 108 cm³/mol. The Labute approximate surface area is 175 Å². The second kappa shape index (κ2) is 6.51. The number of imide groups is 1. The molecule has 0 saturated carbocycles. The van der Waals surface area contributed by atoms with Crippen molar-refractivity contribution in [3.05, 3.63) is 58.7 Å². The van der Waals surface area contributed by atoms with Crippen molar-refractivity contribution < 1.29 is 29.2 Å². The molecular weight excluding hydrogens is 407 g/mol. The number of anilines is 1. The summed E-state index contributed by atoms with van der Waals surface area (Å²) >= 11 is 0. The van der Waals surface area contributed by atoms with Crippen molar-refractivity contribution in [2.24, 2.45) is 0 Å². The molecule has 5 rings (SSSR count). The molecule has 2 aliphatic rings. The van der Waals surface area contributed by atoms with E-state index in [0.29, 0.717) is 24.4 Å². The first-order valence-corrected chi connectivity index (χ1v) is 9.65. The van der Waals surface area contributed by atoms with Gasteiger partial charge in [0.1, 0.15) is 5.75 Å². The molecule has 10 heteroatoms. The van der Waals surface area contributed by atoms with Crippen LogP contribution in [0.3, 0.4) is 0 Å². The summed E-state index contributed by atoms with van der Waals surface area (Å²) in [6, 6.07) is 8.17. The topological polar surface area (TPSA) is 113 Å². The Bertz CT molecular complexity index is 1260. The van der Waals surface area contributed by atoms with Crippen LogP contribution in [-0.2, 0) is 16.8 Å². The van der Waals surface area contributed by atoms with Crippen LogP contribution >= 0.6 is 0 Å². The lowest BCUT2D eigenvalue weighted by Crippen LogP contribution is -2.99. The van der Waals surface area contributed by atoms with E-state index in [4.69, 9.17) is 4.74 Å². The van der Waals surface area contributed by atoms with Gasteiger partial charge in [-0.2, -0.15) is 5.23 Å². The first-order valence-electron chi connectivity index (χ1n) is 9.65. The summed E-state index contributed by atoms with van der Waals surface area (Å²) in [5, 5.41) is 20.0. The highest BCUT2D eigenvalue weighted by molar-refractivity contribution is 6.23. The molecular formula is C21H19FN4O5. The van der Waals surface area contributed by atoms with Gasteiger partial charge >= 0.3 is 6.03 Å². The number of benzene rings is 2. The highest BCUT2D eigenvalue weighted by Gasteiger charge is 2.59. The molecule has 1 fully saturated rings. The number of rotatable bonds is 3. The van der Waals surface area contributed by atoms with Crippen LogP contribution in [0.4, 0.5) is 20.6 Å². The van der Waals surface area contributed by atoms with Gasteiger partial charge in [-0.3, -0.25) is 4.79 Å². The van der Waals surface area contributed by atoms with Crippen LogP contribution in [0.5, 0.6) is 5.75 Å². The van der Waals surface area contributed by atoms with Gasteiger partial charge in [-0.05, 0) is 49.2 Å². The standard InChI is InChI=1S/C21H19FN4O5/c1-21-18-13(14-10-12(31-2)4-6-16(14)23-18)7-8-24(21)20(28)25(19(21)27)11-3-5-15(22)17(9-11)26(29)30/h3-6,9-10,23,26,29H,7-8H2,1-2H3. The van der Waals surface area contributed by atoms with Crippen LogP contribution in [0.1, 0.15) is 18.2 Å². The molecule has 0 radical (unpaired) electrons. The smallest absolute Gasteiger partial charge is 0.332 e. The maximum absolute atomic E-state index is 13.9. The molecule has 0 spiro atoms. The van der Waals surface area contributed by atoms with E-state index in [-0.39, 0.29) is 5.69 Å². The number of carbonyl (C=O) groups is 2. The number of ether oxygens (including phenoxy) is 1. The molecule has 3 heterocycles. The fraction of sp³-hybridized carbons (Fsp3) is 0.238. The van der Waals surface area contributed by atoms with Gasteiger partial charge in [0, 0.05) is 23.5 Å². The first kappa shape index (κ1) is 19.5. The Morgan fingerprint density at radius 2 is 2.03 bits per heavy atom. The molecule has 1 saturated heterocycles. The summed E-state index contributed by atoms with van der Waals surface area (Å²) in [7, 11) is 1.58. The lowest BCUT2D eigenvalue weighted by atomic mass is 9.87. The molecule has 0 bridgehead atoms. The third-order valence-electron chi connectivity index (χ3n) is 6.21. The molecule has 3 amide bonds. The van der Waals surface area contributed by atoms with E-state index in [1.807, 2.05) is 18.2 Å². The van der Waals surface area contributed by atoms with Gasteiger partial charge in [0.2, 0.25) is 5.69 Å². The van der Waals surface area contributed by atoms with Gasteiger partial charge in [-0.1, -0.05) is 0 Å². The number of amides is 3. The molecule has 160 valence electrons. The van der Waals surface area contributed by atoms with E-state index in [2.05, 4.69) is 4.98 Å². The maximum Gasteiger partial charge on any atom is 0.332 e. The number of nitrogens with zero attached hydrogens (tertiary/aromatic N) is 2. The Morgan fingerprint density at radius 1 is 1.26 bits per heavy atom. The quantitative estimate of drug-likeness (QED) is 0.438. The average Bonchev–Trinajstić information content (AvgIpc) is 3.22. The number of nitrogens with one attached hydrogen (secondary N) is 2. The Morgan fingerprint density at radius 3 is 2.74 bits per heavy atom.